The molecule has 2 heteroatoms. The van der Waals surface area contributed by atoms with Gasteiger partial charge in [0.1, 0.15) is 0 Å². The fraction of sp³-hybridized carbons (Fsp3) is 0.538. The molecule has 1 fully saturated rings. The van der Waals surface area contributed by atoms with Crippen LogP contribution in [-0.4, -0.2) is 6.54 Å². The van der Waals surface area contributed by atoms with Crippen molar-refractivity contribution in [3.63, 3.8) is 0 Å². The predicted molar refractivity (Wildman–Crippen MR) is 65.5 cm³/mol. The monoisotopic (exact) mass is 223 g/mol. The van der Waals surface area contributed by atoms with Crippen molar-refractivity contribution in [2.75, 3.05) is 6.54 Å². The molecule has 1 unspecified atom stereocenters. The summed E-state index contributed by atoms with van der Waals surface area (Å²) in [5, 5.41) is 4.51. The maximum atomic E-state index is 6.39. The normalized spacial score (nSPS) is 21.7. The molecule has 1 atom stereocenters. The largest absolute Gasteiger partial charge is 0.310 e. The van der Waals surface area contributed by atoms with E-state index in [0.717, 1.165) is 11.6 Å². The van der Waals surface area contributed by atoms with E-state index in [1.165, 1.54) is 36.0 Å². The van der Waals surface area contributed by atoms with E-state index in [1.54, 1.807) is 0 Å². The summed E-state index contributed by atoms with van der Waals surface area (Å²) in [5.41, 5.74) is 3.81. The molecule has 1 nitrogen and oxygen atoms in total. The van der Waals surface area contributed by atoms with E-state index in [4.69, 9.17) is 11.6 Å². The van der Waals surface area contributed by atoms with Crippen molar-refractivity contribution in [1.82, 2.24) is 5.32 Å². The Morgan fingerprint density at radius 1 is 1.20 bits per heavy atom. The zero-order chi connectivity index (χ0) is 10.8. The maximum Gasteiger partial charge on any atom is 0.0485 e. The molecule has 2 rings (SSSR count). The molecular weight excluding hydrogens is 206 g/mol. The molecule has 1 N–H and O–H groups in total. The molecule has 0 aliphatic carbocycles. The highest BCUT2D eigenvalue weighted by atomic mass is 35.5. The van der Waals surface area contributed by atoms with Gasteiger partial charge in [-0.25, -0.2) is 0 Å². The Morgan fingerprint density at radius 2 is 1.93 bits per heavy atom. The zero-order valence-corrected chi connectivity index (χ0v) is 10.2. The van der Waals surface area contributed by atoms with Gasteiger partial charge in [0.25, 0.3) is 0 Å². The van der Waals surface area contributed by atoms with E-state index in [2.05, 4.69) is 31.3 Å². The van der Waals surface area contributed by atoms with Crippen molar-refractivity contribution in [1.29, 1.82) is 0 Å². The van der Waals surface area contributed by atoms with Crippen LogP contribution in [0.1, 0.15) is 42.0 Å². The first kappa shape index (κ1) is 11.0. The van der Waals surface area contributed by atoms with Crippen LogP contribution in [0.2, 0.25) is 5.02 Å². The number of benzene rings is 1. The predicted octanol–water partition coefficient (Wildman–Crippen LogP) is 3.77. The van der Waals surface area contributed by atoms with Gasteiger partial charge in [-0.15, -0.1) is 0 Å². The van der Waals surface area contributed by atoms with Crippen LogP contribution in [0.15, 0.2) is 12.1 Å². The molecule has 1 aromatic rings. The van der Waals surface area contributed by atoms with Crippen LogP contribution in [0.4, 0.5) is 0 Å². The summed E-state index contributed by atoms with van der Waals surface area (Å²) in [7, 11) is 0. The molecule has 0 aromatic heterocycles. The van der Waals surface area contributed by atoms with Crippen molar-refractivity contribution in [2.45, 2.75) is 39.2 Å². The third-order valence-corrected chi connectivity index (χ3v) is 3.75. The van der Waals surface area contributed by atoms with Gasteiger partial charge in [0.15, 0.2) is 0 Å². The van der Waals surface area contributed by atoms with Crippen LogP contribution in [0, 0.1) is 13.8 Å². The Bertz CT molecular complexity index is 354. The molecule has 0 saturated carbocycles. The van der Waals surface area contributed by atoms with Crippen molar-refractivity contribution in [3.8, 4) is 0 Å². The highest BCUT2D eigenvalue weighted by molar-refractivity contribution is 6.32. The lowest BCUT2D eigenvalue weighted by atomic mass is 9.93. The zero-order valence-electron chi connectivity index (χ0n) is 9.44. The molecular formula is C13H18ClN. The second-order valence-electron chi connectivity index (χ2n) is 4.43. The van der Waals surface area contributed by atoms with E-state index in [0.29, 0.717) is 6.04 Å². The van der Waals surface area contributed by atoms with Crippen molar-refractivity contribution in [3.05, 3.63) is 33.8 Å². The Morgan fingerprint density at radius 3 is 2.60 bits per heavy atom. The lowest BCUT2D eigenvalue weighted by molar-refractivity contribution is 0.411. The highest BCUT2D eigenvalue weighted by Gasteiger charge is 2.19. The Labute approximate surface area is 96.8 Å². The van der Waals surface area contributed by atoms with Crippen LogP contribution in [0.5, 0.6) is 0 Å². The number of halogens is 1. The van der Waals surface area contributed by atoms with Gasteiger partial charge in [0, 0.05) is 11.1 Å². The SMILES string of the molecule is Cc1ccc(C)c(C2CCCCN2)c1Cl. The fourth-order valence-electron chi connectivity index (χ4n) is 2.32. The summed E-state index contributed by atoms with van der Waals surface area (Å²) >= 11 is 6.39. The van der Waals surface area contributed by atoms with Crippen LogP contribution >= 0.6 is 11.6 Å². The van der Waals surface area contributed by atoms with Crippen LogP contribution < -0.4 is 5.32 Å². The lowest BCUT2D eigenvalue weighted by Crippen LogP contribution is -2.27. The molecule has 0 amide bonds. The molecule has 0 bridgehead atoms. The van der Waals surface area contributed by atoms with Gasteiger partial charge in [0.05, 0.1) is 0 Å². The number of nitrogens with one attached hydrogen (secondary N) is 1. The maximum absolute atomic E-state index is 6.39. The van der Waals surface area contributed by atoms with Crippen LogP contribution in [0.25, 0.3) is 0 Å². The van der Waals surface area contributed by atoms with Crippen molar-refractivity contribution >= 4 is 11.6 Å². The fourth-order valence-corrected chi connectivity index (χ4v) is 2.67. The molecule has 82 valence electrons. The number of rotatable bonds is 1. The molecule has 1 aromatic carbocycles. The van der Waals surface area contributed by atoms with Crippen molar-refractivity contribution < 1.29 is 0 Å². The summed E-state index contributed by atoms with van der Waals surface area (Å²) < 4.78 is 0. The minimum Gasteiger partial charge on any atom is -0.310 e. The van der Waals surface area contributed by atoms with Gasteiger partial charge in [-0.05, 0) is 49.9 Å². The molecule has 1 heterocycles. The third-order valence-electron chi connectivity index (χ3n) is 3.25. The summed E-state index contributed by atoms with van der Waals surface area (Å²) in [6.07, 6.45) is 3.81. The van der Waals surface area contributed by atoms with Crippen LogP contribution in [0.3, 0.4) is 0 Å². The molecule has 1 saturated heterocycles. The first-order valence-corrected chi connectivity index (χ1v) is 6.07. The smallest absolute Gasteiger partial charge is 0.0485 e. The summed E-state index contributed by atoms with van der Waals surface area (Å²) in [6, 6.07) is 4.74. The van der Waals surface area contributed by atoms with Crippen LogP contribution in [-0.2, 0) is 0 Å². The number of hydrogen-bond acceptors (Lipinski definition) is 1. The topological polar surface area (TPSA) is 12.0 Å². The van der Waals surface area contributed by atoms with E-state index >= 15 is 0 Å². The number of aryl methyl sites for hydroxylation is 2. The second kappa shape index (κ2) is 4.54. The molecule has 0 radical (unpaired) electrons. The first-order chi connectivity index (χ1) is 7.20. The number of hydrogen-bond donors (Lipinski definition) is 1. The first-order valence-electron chi connectivity index (χ1n) is 5.69. The lowest BCUT2D eigenvalue weighted by Gasteiger charge is -2.26. The van der Waals surface area contributed by atoms with Gasteiger partial charge in [-0.3, -0.25) is 0 Å². The van der Waals surface area contributed by atoms with Gasteiger partial charge in [-0.2, -0.15) is 0 Å². The quantitative estimate of drug-likeness (QED) is 0.764. The molecule has 15 heavy (non-hydrogen) atoms. The van der Waals surface area contributed by atoms with E-state index in [-0.39, 0.29) is 0 Å². The molecule has 0 spiro atoms. The van der Waals surface area contributed by atoms with Gasteiger partial charge >= 0.3 is 0 Å². The molecule has 1 aliphatic heterocycles. The summed E-state index contributed by atoms with van der Waals surface area (Å²) in [4.78, 5) is 0. The van der Waals surface area contributed by atoms with E-state index in [1.807, 2.05) is 0 Å². The third kappa shape index (κ3) is 2.19. The van der Waals surface area contributed by atoms with Gasteiger partial charge in [-0.1, -0.05) is 30.2 Å². The Balaban J connectivity index is 2.36. The average Bonchev–Trinajstić information content (AvgIpc) is 2.26. The second-order valence-corrected chi connectivity index (χ2v) is 4.81. The van der Waals surface area contributed by atoms with E-state index < -0.39 is 0 Å². The van der Waals surface area contributed by atoms with Gasteiger partial charge in [0.2, 0.25) is 0 Å². The number of piperidine rings is 1. The van der Waals surface area contributed by atoms with Crippen molar-refractivity contribution in [2.24, 2.45) is 0 Å². The minimum absolute atomic E-state index is 0.464. The Kier molecular flexibility index (Phi) is 3.32. The standard InChI is InChI=1S/C13H18ClN/c1-9-6-7-10(2)13(14)12(9)11-5-3-4-8-15-11/h6-7,11,15H,3-5,8H2,1-2H3. The Hall–Kier alpha value is -0.530. The summed E-state index contributed by atoms with van der Waals surface area (Å²) in [5.74, 6) is 0. The summed E-state index contributed by atoms with van der Waals surface area (Å²) in [6.45, 7) is 5.35. The highest BCUT2D eigenvalue weighted by Crippen LogP contribution is 2.33. The average molecular weight is 224 g/mol. The van der Waals surface area contributed by atoms with E-state index in [9.17, 15) is 0 Å². The minimum atomic E-state index is 0.464. The van der Waals surface area contributed by atoms with Gasteiger partial charge < -0.3 is 5.32 Å². The molecule has 1 aliphatic rings.